The summed E-state index contributed by atoms with van der Waals surface area (Å²) in [4.78, 5) is 19.9. The molecule has 24 heavy (non-hydrogen) atoms. The normalized spacial score (nSPS) is 10.8. The van der Waals surface area contributed by atoms with Crippen LogP contribution in [0.15, 0.2) is 0 Å². The average molecular weight is 387 g/mol. The molecule has 0 fully saturated rings. The van der Waals surface area contributed by atoms with Gasteiger partial charge in [-0.25, -0.2) is 0 Å². The van der Waals surface area contributed by atoms with Crippen LogP contribution in [0.5, 0.6) is 0 Å². The Hall–Kier alpha value is -0.440. The molecule has 0 bridgehead atoms. The van der Waals surface area contributed by atoms with E-state index in [9.17, 15) is 9.59 Å². The molecule has 0 aromatic rings. The fraction of sp³-hybridized carbons (Fsp3) is 0.875. The molecule has 146 valence electrons. The fourth-order valence-corrected chi connectivity index (χ4v) is 0.931. The topological polar surface area (TPSA) is 115 Å². The maximum Gasteiger partial charge on any atom is 0.318 e. The Balaban J connectivity index is -0.000000283. The van der Waals surface area contributed by atoms with E-state index in [2.05, 4.69) is 25.3 Å². The zero-order chi connectivity index (χ0) is 19.8. The molecular formula is C16H34O6S2. The average Bonchev–Trinajstić information content (AvgIpc) is 2.42. The molecule has 6 nitrogen and oxygen atoms in total. The first-order valence-electron chi connectivity index (χ1n) is 7.94. The second kappa shape index (κ2) is 16.1. The zero-order valence-electron chi connectivity index (χ0n) is 15.2. The van der Waals surface area contributed by atoms with Gasteiger partial charge in [0.15, 0.2) is 0 Å². The molecule has 0 aliphatic rings. The van der Waals surface area contributed by atoms with Gasteiger partial charge in [0.05, 0.1) is 0 Å². The second-order valence-corrected chi connectivity index (χ2v) is 8.53. The molecule has 0 saturated heterocycles. The minimum absolute atomic E-state index is 0.319. The molecule has 0 amide bonds. The summed E-state index contributed by atoms with van der Waals surface area (Å²) in [5.74, 6) is -1.79. The van der Waals surface area contributed by atoms with E-state index in [0.29, 0.717) is 13.2 Å². The van der Waals surface area contributed by atoms with Crippen molar-refractivity contribution in [3.63, 3.8) is 0 Å². The molecule has 8 heteroatoms. The van der Waals surface area contributed by atoms with Gasteiger partial charge in [-0.2, -0.15) is 25.3 Å². The zero-order valence-corrected chi connectivity index (χ0v) is 16.9. The number of carbonyl (C=O) groups is 2. The predicted molar refractivity (Wildman–Crippen MR) is 103 cm³/mol. The van der Waals surface area contributed by atoms with E-state index in [-0.39, 0.29) is 0 Å². The number of hydrogen-bond acceptors (Lipinski definition) is 6. The molecule has 0 saturated carbocycles. The van der Waals surface area contributed by atoms with Crippen LogP contribution in [0.3, 0.4) is 0 Å². The van der Waals surface area contributed by atoms with E-state index < -0.39 is 21.4 Å². The lowest BCUT2D eigenvalue weighted by atomic mass is 10.1. The summed E-state index contributed by atoms with van der Waals surface area (Å²) in [5.41, 5.74) is 0. The molecule has 0 aliphatic carbocycles. The monoisotopic (exact) mass is 386 g/mol. The van der Waals surface area contributed by atoms with Crippen molar-refractivity contribution in [2.75, 3.05) is 13.2 Å². The summed E-state index contributed by atoms with van der Waals surface area (Å²) >= 11 is 7.50. The van der Waals surface area contributed by atoms with Gasteiger partial charge in [0.1, 0.15) is 9.49 Å². The molecule has 0 spiro atoms. The second-order valence-electron chi connectivity index (χ2n) is 6.30. The summed E-state index contributed by atoms with van der Waals surface area (Å²) in [6.07, 6.45) is 6.50. The summed E-state index contributed by atoms with van der Waals surface area (Å²) in [6.45, 7) is 6.74. The van der Waals surface area contributed by atoms with Crippen molar-refractivity contribution in [3.8, 4) is 0 Å². The van der Waals surface area contributed by atoms with Crippen LogP contribution in [0.4, 0.5) is 0 Å². The van der Waals surface area contributed by atoms with Crippen LogP contribution in [0.1, 0.15) is 66.2 Å². The summed E-state index contributed by atoms with van der Waals surface area (Å²) in [5, 5.41) is 33.2. The largest absolute Gasteiger partial charge is 0.480 e. The number of hydrogen-bond donors (Lipinski definition) is 6. The third-order valence-corrected chi connectivity index (χ3v) is 3.00. The van der Waals surface area contributed by atoms with Gasteiger partial charge < -0.3 is 20.4 Å². The number of aliphatic carboxylic acids is 2. The number of rotatable bonds is 9. The Kier molecular flexibility index (Phi) is 19.0. The summed E-state index contributed by atoms with van der Waals surface area (Å²) in [6, 6.07) is 0. The van der Waals surface area contributed by atoms with Crippen LogP contribution in [-0.4, -0.2) is 55.1 Å². The first-order chi connectivity index (χ1) is 10.8. The van der Waals surface area contributed by atoms with Crippen LogP contribution in [0.2, 0.25) is 0 Å². The highest BCUT2D eigenvalue weighted by Gasteiger charge is 2.20. The lowest BCUT2D eigenvalue weighted by Crippen LogP contribution is -2.23. The van der Waals surface area contributed by atoms with Crippen LogP contribution in [0.25, 0.3) is 0 Å². The highest BCUT2D eigenvalue weighted by molar-refractivity contribution is 7.82. The van der Waals surface area contributed by atoms with Crippen molar-refractivity contribution < 1.29 is 30.0 Å². The minimum atomic E-state index is -0.893. The van der Waals surface area contributed by atoms with Gasteiger partial charge in [-0.1, -0.05) is 25.7 Å². The predicted octanol–water partition coefficient (Wildman–Crippen LogP) is 2.87. The maximum absolute atomic E-state index is 9.94. The molecule has 0 unspecified atom stereocenters. The third kappa shape index (κ3) is 26.5. The number of aliphatic hydroxyl groups is 2. The summed E-state index contributed by atoms with van der Waals surface area (Å²) in [7, 11) is 0. The SMILES string of the molecule is CC(C)(S)C(=O)O.CC(C)(S)C(=O)O.OCCCCCCCCO. The van der Waals surface area contributed by atoms with Crippen LogP contribution < -0.4 is 0 Å². The molecule has 0 aromatic heterocycles. The van der Waals surface area contributed by atoms with E-state index >= 15 is 0 Å². The molecule has 0 radical (unpaired) electrons. The summed E-state index contributed by atoms with van der Waals surface area (Å²) < 4.78 is -1.78. The molecule has 4 N–H and O–H groups in total. The number of unbranched alkanes of at least 4 members (excludes halogenated alkanes) is 5. The van der Waals surface area contributed by atoms with Crippen molar-refractivity contribution in [3.05, 3.63) is 0 Å². The first-order valence-corrected chi connectivity index (χ1v) is 8.83. The van der Waals surface area contributed by atoms with Gasteiger partial charge in [0, 0.05) is 13.2 Å². The van der Waals surface area contributed by atoms with E-state index in [1.54, 1.807) is 0 Å². The molecule has 0 heterocycles. The Labute approximate surface area is 156 Å². The Bertz CT molecular complexity index is 290. The van der Waals surface area contributed by atoms with Gasteiger partial charge in [-0.3, -0.25) is 9.59 Å². The maximum atomic E-state index is 9.94. The third-order valence-electron chi connectivity index (χ3n) is 2.61. The fourth-order valence-electron chi connectivity index (χ4n) is 0.931. The Morgan fingerprint density at radius 3 is 0.958 bits per heavy atom. The molecule has 0 aromatic carbocycles. The number of aliphatic hydroxyl groups excluding tert-OH is 2. The number of thiol groups is 2. The van der Waals surface area contributed by atoms with Crippen LogP contribution in [0, 0.1) is 0 Å². The lowest BCUT2D eigenvalue weighted by molar-refractivity contribution is -0.139. The van der Waals surface area contributed by atoms with Gasteiger partial charge in [-0.15, -0.1) is 0 Å². The van der Waals surface area contributed by atoms with Crippen molar-refractivity contribution in [2.24, 2.45) is 0 Å². The van der Waals surface area contributed by atoms with Crippen molar-refractivity contribution in [2.45, 2.75) is 75.7 Å². The first kappa shape index (κ1) is 28.4. The van der Waals surface area contributed by atoms with Gasteiger partial charge >= 0.3 is 11.9 Å². The molecular weight excluding hydrogens is 352 g/mol. The quantitative estimate of drug-likeness (QED) is 0.268. The smallest absolute Gasteiger partial charge is 0.318 e. The number of carboxylic acids is 2. The van der Waals surface area contributed by atoms with Gasteiger partial charge in [-0.05, 0) is 40.5 Å². The highest BCUT2D eigenvalue weighted by Crippen LogP contribution is 2.10. The molecule has 0 atom stereocenters. The lowest BCUT2D eigenvalue weighted by Gasteiger charge is -2.07. The standard InChI is InChI=1S/C8H18O2.2C4H8O2S/c9-7-5-3-1-2-4-6-8-10;2*1-4(2,7)3(5)6/h9-10H,1-8H2;2*7H,1-2H3,(H,5,6). The number of carboxylic acid groups (broad SMARTS) is 2. The van der Waals surface area contributed by atoms with Gasteiger partial charge in [0.2, 0.25) is 0 Å². The minimum Gasteiger partial charge on any atom is -0.480 e. The van der Waals surface area contributed by atoms with E-state index in [4.69, 9.17) is 20.4 Å². The van der Waals surface area contributed by atoms with E-state index in [1.165, 1.54) is 40.5 Å². The molecule has 0 aliphatic heterocycles. The Morgan fingerprint density at radius 2 is 0.833 bits per heavy atom. The van der Waals surface area contributed by atoms with E-state index in [0.717, 1.165) is 25.7 Å². The van der Waals surface area contributed by atoms with Crippen molar-refractivity contribution in [1.82, 2.24) is 0 Å². The Morgan fingerprint density at radius 1 is 0.667 bits per heavy atom. The highest BCUT2D eigenvalue weighted by atomic mass is 32.1. The van der Waals surface area contributed by atoms with Gasteiger partial charge in [0.25, 0.3) is 0 Å². The van der Waals surface area contributed by atoms with Crippen molar-refractivity contribution in [1.29, 1.82) is 0 Å². The van der Waals surface area contributed by atoms with Crippen LogP contribution in [-0.2, 0) is 9.59 Å². The van der Waals surface area contributed by atoms with Crippen molar-refractivity contribution >= 4 is 37.2 Å². The van der Waals surface area contributed by atoms with Crippen LogP contribution >= 0.6 is 25.3 Å². The molecule has 0 rings (SSSR count). The van der Waals surface area contributed by atoms with E-state index in [1.807, 2.05) is 0 Å².